The molecular weight excluding hydrogens is 188 g/mol. The van der Waals surface area contributed by atoms with Gasteiger partial charge in [0.25, 0.3) is 0 Å². The van der Waals surface area contributed by atoms with Crippen LogP contribution in [0.2, 0.25) is 0 Å². The molecule has 0 unspecified atom stereocenters. The zero-order valence-electron chi connectivity index (χ0n) is 7.95. The lowest BCUT2D eigenvalue weighted by molar-refractivity contribution is 0.0788. The molecule has 0 aromatic heterocycles. The molecule has 1 heterocycles. The van der Waals surface area contributed by atoms with Crippen LogP contribution < -0.4 is 0 Å². The molecule has 0 N–H and O–H groups in total. The van der Waals surface area contributed by atoms with E-state index in [-0.39, 0.29) is 5.25 Å². The van der Waals surface area contributed by atoms with Crippen molar-refractivity contribution in [3.63, 3.8) is 0 Å². The molecule has 13 heavy (non-hydrogen) atoms. The Morgan fingerprint density at radius 1 is 1.23 bits per heavy atom. The van der Waals surface area contributed by atoms with E-state index >= 15 is 0 Å². The molecule has 0 bridgehead atoms. The summed E-state index contributed by atoms with van der Waals surface area (Å²) in [4.78, 5) is 0. The van der Waals surface area contributed by atoms with Crippen molar-refractivity contribution in [1.82, 2.24) is 0 Å². The highest BCUT2D eigenvalue weighted by Crippen LogP contribution is 2.40. The van der Waals surface area contributed by atoms with E-state index in [9.17, 15) is 8.42 Å². The lowest BCUT2D eigenvalue weighted by Gasteiger charge is -2.33. The Bertz CT molecular complexity index is 284. The summed E-state index contributed by atoms with van der Waals surface area (Å²) in [6.45, 7) is 3.08. The quantitative estimate of drug-likeness (QED) is 0.677. The van der Waals surface area contributed by atoms with Gasteiger partial charge in [-0.15, -0.1) is 0 Å². The molecular formula is C9H16O3S. The van der Waals surface area contributed by atoms with Crippen molar-refractivity contribution in [3.8, 4) is 0 Å². The molecule has 0 aromatic rings. The summed E-state index contributed by atoms with van der Waals surface area (Å²) in [7, 11) is -2.87. The number of hydrogen-bond donors (Lipinski definition) is 0. The summed E-state index contributed by atoms with van der Waals surface area (Å²) in [5, 5.41) is -0.0319. The Hall–Kier alpha value is -0.0900. The van der Waals surface area contributed by atoms with Crippen LogP contribution in [0.3, 0.4) is 0 Å². The molecule has 1 saturated heterocycles. The normalized spacial score (nSPS) is 28.7. The monoisotopic (exact) mass is 204 g/mol. The zero-order valence-corrected chi connectivity index (χ0v) is 8.77. The Labute approximate surface area is 79.4 Å². The van der Waals surface area contributed by atoms with Crippen molar-refractivity contribution < 1.29 is 13.2 Å². The first kappa shape index (κ1) is 9.46. The average Bonchev–Trinajstić information content (AvgIpc) is 2.87. The van der Waals surface area contributed by atoms with Gasteiger partial charge in [-0.25, -0.2) is 8.42 Å². The predicted octanol–water partition coefficient (Wildman–Crippen LogP) is 1.13. The van der Waals surface area contributed by atoms with Crippen LogP contribution in [0, 0.1) is 0 Å². The van der Waals surface area contributed by atoms with Crippen LogP contribution in [0.4, 0.5) is 0 Å². The van der Waals surface area contributed by atoms with Crippen molar-refractivity contribution in [2.45, 2.75) is 42.6 Å². The Balaban J connectivity index is 2.20. The number of sulfone groups is 1. The van der Waals surface area contributed by atoms with Gasteiger partial charge in [0.2, 0.25) is 0 Å². The minimum Gasteiger partial charge on any atom is -0.381 e. The second-order valence-electron chi connectivity index (χ2n) is 4.31. The molecule has 76 valence electrons. The predicted molar refractivity (Wildman–Crippen MR) is 50.4 cm³/mol. The summed E-state index contributed by atoms with van der Waals surface area (Å²) >= 11 is 0. The Morgan fingerprint density at radius 2 is 1.77 bits per heavy atom. The topological polar surface area (TPSA) is 43.4 Å². The molecule has 0 atom stereocenters. The Morgan fingerprint density at radius 3 is 2.23 bits per heavy atom. The maximum Gasteiger partial charge on any atom is 0.158 e. The second kappa shape index (κ2) is 2.95. The largest absolute Gasteiger partial charge is 0.381 e. The maximum absolute atomic E-state index is 12.0. The third-order valence-corrected chi connectivity index (χ3v) is 6.33. The molecule has 0 spiro atoms. The summed E-state index contributed by atoms with van der Waals surface area (Å²) in [5.74, 6) is 0. The van der Waals surface area contributed by atoms with E-state index in [1.807, 2.05) is 6.92 Å². The molecule has 3 nitrogen and oxygen atoms in total. The smallest absolute Gasteiger partial charge is 0.158 e. The average molecular weight is 204 g/mol. The summed E-state index contributed by atoms with van der Waals surface area (Å²) in [5.41, 5.74) is 0. The van der Waals surface area contributed by atoms with Gasteiger partial charge in [-0.1, -0.05) is 0 Å². The van der Waals surface area contributed by atoms with E-state index in [0.29, 0.717) is 26.1 Å². The molecule has 1 saturated carbocycles. The van der Waals surface area contributed by atoms with Crippen molar-refractivity contribution >= 4 is 9.84 Å². The van der Waals surface area contributed by atoms with Gasteiger partial charge in [-0.05, 0) is 32.6 Å². The fourth-order valence-corrected chi connectivity index (χ4v) is 4.17. The van der Waals surface area contributed by atoms with Gasteiger partial charge >= 0.3 is 0 Å². The molecule has 1 aliphatic carbocycles. The van der Waals surface area contributed by atoms with Crippen molar-refractivity contribution in [1.29, 1.82) is 0 Å². The summed E-state index contributed by atoms with van der Waals surface area (Å²) < 4.78 is 28.7. The molecule has 0 amide bonds. The third kappa shape index (κ3) is 1.50. The van der Waals surface area contributed by atoms with Gasteiger partial charge in [0.05, 0.1) is 10.00 Å². The van der Waals surface area contributed by atoms with E-state index in [2.05, 4.69) is 0 Å². The molecule has 2 rings (SSSR count). The summed E-state index contributed by atoms with van der Waals surface area (Å²) in [6, 6.07) is 0. The van der Waals surface area contributed by atoms with Gasteiger partial charge in [0.15, 0.2) is 9.84 Å². The van der Waals surface area contributed by atoms with Crippen LogP contribution in [0.25, 0.3) is 0 Å². The second-order valence-corrected chi connectivity index (χ2v) is 7.05. The third-order valence-electron chi connectivity index (χ3n) is 3.20. The molecule has 1 aliphatic heterocycles. The minimum atomic E-state index is -2.87. The fraction of sp³-hybridized carbons (Fsp3) is 1.00. The van der Waals surface area contributed by atoms with Gasteiger partial charge in [-0.3, -0.25) is 0 Å². The number of hydrogen-bond acceptors (Lipinski definition) is 3. The summed E-state index contributed by atoms with van der Waals surface area (Å²) in [6.07, 6.45) is 3.09. The minimum absolute atomic E-state index is 0.0319. The van der Waals surface area contributed by atoms with Crippen LogP contribution in [-0.4, -0.2) is 31.6 Å². The van der Waals surface area contributed by atoms with Crippen LogP contribution in [-0.2, 0) is 14.6 Å². The zero-order chi connectivity index (χ0) is 9.53. The van der Waals surface area contributed by atoms with Crippen molar-refractivity contribution in [2.24, 2.45) is 0 Å². The molecule has 0 aromatic carbocycles. The first-order valence-corrected chi connectivity index (χ1v) is 6.42. The van der Waals surface area contributed by atoms with Crippen LogP contribution >= 0.6 is 0 Å². The van der Waals surface area contributed by atoms with E-state index < -0.39 is 14.6 Å². The van der Waals surface area contributed by atoms with E-state index in [4.69, 9.17) is 4.74 Å². The molecule has 2 fully saturated rings. The van der Waals surface area contributed by atoms with E-state index in [0.717, 1.165) is 12.8 Å². The molecule has 2 aliphatic rings. The molecule has 0 radical (unpaired) electrons. The number of ether oxygens (including phenoxy) is 1. The van der Waals surface area contributed by atoms with E-state index in [1.54, 1.807) is 0 Å². The fourth-order valence-electron chi connectivity index (χ4n) is 1.87. The van der Waals surface area contributed by atoms with E-state index in [1.165, 1.54) is 0 Å². The highest BCUT2D eigenvalue weighted by atomic mass is 32.2. The van der Waals surface area contributed by atoms with Crippen molar-refractivity contribution in [2.75, 3.05) is 13.2 Å². The van der Waals surface area contributed by atoms with Gasteiger partial charge in [0, 0.05) is 13.2 Å². The SMILES string of the molecule is CC1(S(=O)(=O)C2CC2)CCOCC1. The van der Waals surface area contributed by atoms with Gasteiger partial charge < -0.3 is 4.74 Å². The first-order valence-electron chi connectivity index (χ1n) is 4.87. The van der Waals surface area contributed by atoms with Crippen LogP contribution in [0.5, 0.6) is 0 Å². The van der Waals surface area contributed by atoms with Crippen LogP contribution in [0.1, 0.15) is 32.6 Å². The highest BCUT2D eigenvalue weighted by Gasteiger charge is 2.49. The first-order chi connectivity index (χ1) is 6.06. The lowest BCUT2D eigenvalue weighted by atomic mass is 10.0. The maximum atomic E-state index is 12.0. The van der Waals surface area contributed by atoms with Crippen LogP contribution in [0.15, 0.2) is 0 Å². The lowest BCUT2D eigenvalue weighted by Crippen LogP contribution is -2.42. The molecule has 4 heteroatoms. The van der Waals surface area contributed by atoms with Crippen molar-refractivity contribution in [3.05, 3.63) is 0 Å². The highest BCUT2D eigenvalue weighted by molar-refractivity contribution is 7.93. The van der Waals surface area contributed by atoms with Gasteiger partial charge in [0.1, 0.15) is 0 Å². The number of rotatable bonds is 2. The Kier molecular flexibility index (Phi) is 2.15. The van der Waals surface area contributed by atoms with Gasteiger partial charge in [-0.2, -0.15) is 0 Å². The standard InChI is InChI=1S/C9H16O3S/c1-9(4-6-12-7-5-9)13(10,11)8-2-3-8/h8H,2-7H2,1H3.